The SMILES string of the molecule is COc1cccc(OC)c1-c1cc2nc(N)nc(N)c2c2ccn(C)c12. The molecule has 26 heavy (non-hydrogen) atoms. The van der Waals surface area contributed by atoms with E-state index in [2.05, 4.69) is 9.97 Å². The van der Waals surface area contributed by atoms with E-state index < -0.39 is 0 Å². The molecular weight excluding hydrogens is 330 g/mol. The molecule has 0 bridgehead atoms. The van der Waals surface area contributed by atoms with E-state index >= 15 is 0 Å². The average Bonchev–Trinajstić information content (AvgIpc) is 3.01. The van der Waals surface area contributed by atoms with Gasteiger partial charge in [0.25, 0.3) is 0 Å². The van der Waals surface area contributed by atoms with Crippen LogP contribution >= 0.6 is 0 Å². The normalized spacial score (nSPS) is 11.2. The molecule has 0 aliphatic heterocycles. The fourth-order valence-corrected chi connectivity index (χ4v) is 3.47. The van der Waals surface area contributed by atoms with Crippen LogP contribution < -0.4 is 20.9 Å². The molecule has 2 heterocycles. The van der Waals surface area contributed by atoms with Crippen LogP contribution in [0.1, 0.15) is 0 Å². The third-order valence-electron chi connectivity index (χ3n) is 4.56. The number of benzene rings is 2. The van der Waals surface area contributed by atoms with E-state index in [0.29, 0.717) is 22.8 Å². The Balaban J connectivity index is 2.22. The summed E-state index contributed by atoms with van der Waals surface area (Å²) in [6.07, 6.45) is 1.98. The van der Waals surface area contributed by atoms with Gasteiger partial charge in [-0.25, -0.2) is 4.98 Å². The number of nitrogen functional groups attached to an aromatic ring is 2. The minimum absolute atomic E-state index is 0.142. The number of anilines is 2. The van der Waals surface area contributed by atoms with Crippen molar-refractivity contribution in [3.63, 3.8) is 0 Å². The number of nitrogens with zero attached hydrogens (tertiary/aromatic N) is 3. The molecule has 2 aromatic heterocycles. The molecule has 0 atom stereocenters. The first-order valence-corrected chi connectivity index (χ1v) is 8.07. The van der Waals surface area contributed by atoms with Crippen LogP contribution in [-0.4, -0.2) is 28.8 Å². The van der Waals surface area contributed by atoms with Gasteiger partial charge in [0, 0.05) is 24.2 Å². The number of methoxy groups -OCH3 is 2. The number of hydrogen-bond acceptors (Lipinski definition) is 6. The molecular formula is C19H19N5O2. The van der Waals surface area contributed by atoms with E-state index in [1.54, 1.807) is 14.2 Å². The maximum Gasteiger partial charge on any atom is 0.222 e. The lowest BCUT2D eigenvalue weighted by molar-refractivity contribution is 0.397. The van der Waals surface area contributed by atoms with E-state index in [0.717, 1.165) is 27.4 Å². The zero-order valence-electron chi connectivity index (χ0n) is 14.8. The predicted octanol–water partition coefficient (Wildman–Crippen LogP) is 2.97. The number of nitrogens with two attached hydrogens (primary N) is 2. The van der Waals surface area contributed by atoms with Crippen molar-refractivity contribution in [1.29, 1.82) is 0 Å². The second kappa shape index (κ2) is 5.80. The van der Waals surface area contributed by atoms with Crippen molar-refractivity contribution >= 4 is 33.6 Å². The van der Waals surface area contributed by atoms with E-state index in [1.165, 1.54) is 0 Å². The molecule has 0 saturated carbocycles. The summed E-state index contributed by atoms with van der Waals surface area (Å²) in [5, 5.41) is 1.73. The summed E-state index contributed by atoms with van der Waals surface area (Å²) in [7, 11) is 5.26. The molecule has 0 aliphatic carbocycles. The fraction of sp³-hybridized carbons (Fsp3) is 0.158. The maximum atomic E-state index is 6.14. The molecule has 4 aromatic rings. The second-order valence-electron chi connectivity index (χ2n) is 6.01. The summed E-state index contributed by atoms with van der Waals surface area (Å²) in [5.41, 5.74) is 15.4. The standard InChI is InChI=1S/C19H19N5O2/c1-24-8-7-10-15-12(22-19(21)23-18(15)20)9-11(17(10)24)16-13(25-2)5-4-6-14(16)26-3/h4-9H,1-3H3,(H4,20,21,22,23). The first kappa shape index (κ1) is 16.0. The van der Waals surface area contributed by atoms with Crippen molar-refractivity contribution in [3.8, 4) is 22.6 Å². The molecule has 7 nitrogen and oxygen atoms in total. The van der Waals surface area contributed by atoms with Gasteiger partial charge in [0.2, 0.25) is 5.95 Å². The molecule has 4 N–H and O–H groups in total. The number of rotatable bonds is 3. The lowest BCUT2D eigenvalue weighted by Gasteiger charge is -2.16. The molecule has 4 rings (SSSR count). The van der Waals surface area contributed by atoms with Crippen LogP contribution in [0.25, 0.3) is 32.9 Å². The average molecular weight is 349 g/mol. The monoisotopic (exact) mass is 349 g/mol. The molecule has 0 aliphatic rings. The highest BCUT2D eigenvalue weighted by molar-refractivity contribution is 6.16. The molecule has 0 unspecified atom stereocenters. The highest BCUT2D eigenvalue weighted by atomic mass is 16.5. The van der Waals surface area contributed by atoms with Crippen LogP contribution in [0.4, 0.5) is 11.8 Å². The molecule has 0 spiro atoms. The molecule has 0 amide bonds. The number of aromatic nitrogens is 3. The third kappa shape index (κ3) is 2.21. The highest BCUT2D eigenvalue weighted by Gasteiger charge is 2.20. The summed E-state index contributed by atoms with van der Waals surface area (Å²) in [5.74, 6) is 1.92. The van der Waals surface area contributed by atoms with Crippen LogP contribution in [-0.2, 0) is 7.05 Å². The van der Waals surface area contributed by atoms with Crippen LogP contribution in [0, 0.1) is 0 Å². The Hall–Kier alpha value is -3.48. The molecule has 7 heteroatoms. The van der Waals surface area contributed by atoms with E-state index in [1.807, 2.05) is 48.1 Å². The van der Waals surface area contributed by atoms with Crippen LogP contribution in [0.2, 0.25) is 0 Å². The van der Waals surface area contributed by atoms with E-state index in [9.17, 15) is 0 Å². The number of ether oxygens (including phenoxy) is 2. The Morgan fingerprint density at radius 2 is 1.69 bits per heavy atom. The highest BCUT2D eigenvalue weighted by Crippen LogP contribution is 2.44. The second-order valence-corrected chi connectivity index (χ2v) is 6.01. The van der Waals surface area contributed by atoms with Gasteiger partial charge in [-0.15, -0.1) is 0 Å². The zero-order valence-corrected chi connectivity index (χ0v) is 14.8. The first-order chi connectivity index (χ1) is 12.5. The third-order valence-corrected chi connectivity index (χ3v) is 4.56. The zero-order chi connectivity index (χ0) is 18.4. The molecule has 2 aromatic carbocycles. The Bertz CT molecular complexity index is 1130. The molecule has 132 valence electrons. The van der Waals surface area contributed by atoms with Crippen molar-refractivity contribution in [3.05, 3.63) is 36.5 Å². The van der Waals surface area contributed by atoms with Crippen molar-refractivity contribution < 1.29 is 9.47 Å². The molecule has 0 radical (unpaired) electrons. The lowest BCUT2D eigenvalue weighted by Crippen LogP contribution is -2.02. The van der Waals surface area contributed by atoms with Gasteiger partial charge in [0.15, 0.2) is 0 Å². The molecule has 0 fully saturated rings. The van der Waals surface area contributed by atoms with E-state index in [-0.39, 0.29) is 5.95 Å². The van der Waals surface area contributed by atoms with Gasteiger partial charge >= 0.3 is 0 Å². The Morgan fingerprint density at radius 1 is 1.00 bits per heavy atom. The Labute approximate surface area is 150 Å². The summed E-state index contributed by atoms with van der Waals surface area (Å²) >= 11 is 0. The van der Waals surface area contributed by atoms with Gasteiger partial charge < -0.3 is 25.5 Å². The largest absolute Gasteiger partial charge is 0.496 e. The minimum Gasteiger partial charge on any atom is -0.496 e. The summed E-state index contributed by atoms with van der Waals surface area (Å²) < 4.78 is 13.2. The summed E-state index contributed by atoms with van der Waals surface area (Å²) in [4.78, 5) is 8.51. The molecule has 0 saturated heterocycles. The van der Waals surface area contributed by atoms with Gasteiger partial charge in [-0.1, -0.05) is 6.07 Å². The number of aryl methyl sites for hydroxylation is 1. The van der Waals surface area contributed by atoms with Crippen molar-refractivity contribution in [2.75, 3.05) is 25.7 Å². The topological polar surface area (TPSA) is 101 Å². The summed E-state index contributed by atoms with van der Waals surface area (Å²) in [6.45, 7) is 0. The quantitative estimate of drug-likeness (QED) is 0.590. The maximum absolute atomic E-state index is 6.14. The van der Waals surface area contributed by atoms with Gasteiger partial charge in [-0.2, -0.15) is 4.98 Å². The Kier molecular flexibility index (Phi) is 3.57. The van der Waals surface area contributed by atoms with E-state index in [4.69, 9.17) is 20.9 Å². The van der Waals surface area contributed by atoms with Crippen LogP contribution in [0.5, 0.6) is 11.5 Å². The van der Waals surface area contributed by atoms with Gasteiger partial charge in [-0.3, -0.25) is 0 Å². The van der Waals surface area contributed by atoms with Crippen molar-refractivity contribution in [2.45, 2.75) is 0 Å². The van der Waals surface area contributed by atoms with Gasteiger partial charge in [0.05, 0.1) is 36.2 Å². The fourth-order valence-electron chi connectivity index (χ4n) is 3.47. The van der Waals surface area contributed by atoms with Crippen molar-refractivity contribution in [1.82, 2.24) is 14.5 Å². The summed E-state index contributed by atoms with van der Waals surface area (Å²) in [6, 6.07) is 9.65. The van der Waals surface area contributed by atoms with Gasteiger partial charge in [-0.05, 0) is 24.3 Å². The number of hydrogen-bond donors (Lipinski definition) is 2. The van der Waals surface area contributed by atoms with Crippen molar-refractivity contribution in [2.24, 2.45) is 7.05 Å². The Morgan fingerprint density at radius 3 is 2.35 bits per heavy atom. The lowest BCUT2D eigenvalue weighted by atomic mass is 9.98. The number of fused-ring (bicyclic) bond motifs is 3. The van der Waals surface area contributed by atoms with Gasteiger partial charge in [0.1, 0.15) is 17.3 Å². The smallest absolute Gasteiger partial charge is 0.222 e. The predicted molar refractivity (Wildman–Crippen MR) is 103 cm³/mol. The minimum atomic E-state index is 0.142. The van der Waals surface area contributed by atoms with Crippen LogP contribution in [0.15, 0.2) is 36.5 Å². The first-order valence-electron chi connectivity index (χ1n) is 8.07. The van der Waals surface area contributed by atoms with Crippen LogP contribution in [0.3, 0.4) is 0 Å².